The summed E-state index contributed by atoms with van der Waals surface area (Å²) in [6.07, 6.45) is -3.86. The molecule has 2 aromatic rings. The molecule has 0 heterocycles. The smallest absolute Gasteiger partial charge is 0.348 e. The van der Waals surface area contributed by atoms with Crippen molar-refractivity contribution in [3.63, 3.8) is 0 Å². The second-order valence-corrected chi connectivity index (χ2v) is 7.82. The number of benzene rings is 2. The maximum atomic E-state index is 13.1. The van der Waals surface area contributed by atoms with Crippen molar-refractivity contribution < 1.29 is 30.8 Å². The summed E-state index contributed by atoms with van der Waals surface area (Å²) in [4.78, 5) is 12.0. The first-order chi connectivity index (χ1) is 11.9. The fourth-order valence-corrected chi connectivity index (χ4v) is 3.00. The molecule has 0 radical (unpaired) electrons. The van der Waals surface area contributed by atoms with Crippen LogP contribution in [0.5, 0.6) is 0 Å². The highest BCUT2D eigenvalue weighted by molar-refractivity contribution is 7.90. The summed E-state index contributed by atoms with van der Waals surface area (Å²) in [5.74, 6) is -1.92. The molecule has 0 aliphatic rings. The lowest BCUT2D eigenvalue weighted by molar-refractivity contribution is -0.138. The minimum absolute atomic E-state index is 0.0648. The SMILES string of the molecule is CS(=O)(=O)c1ccc(Cl)c(C(=O)NCc2ccc(F)cc2C(F)(F)F)c1. The van der Waals surface area contributed by atoms with Gasteiger partial charge in [0.15, 0.2) is 9.84 Å². The summed E-state index contributed by atoms with van der Waals surface area (Å²) in [6.45, 7) is -0.548. The first-order valence-corrected chi connectivity index (χ1v) is 9.30. The Kier molecular flexibility index (Phi) is 5.62. The molecule has 10 heteroatoms. The van der Waals surface area contributed by atoms with Gasteiger partial charge in [-0.3, -0.25) is 4.79 Å². The van der Waals surface area contributed by atoms with Gasteiger partial charge in [0.05, 0.1) is 21.0 Å². The zero-order chi connectivity index (χ0) is 19.7. The van der Waals surface area contributed by atoms with Crippen molar-refractivity contribution in [3.05, 3.63) is 63.9 Å². The van der Waals surface area contributed by atoms with E-state index in [2.05, 4.69) is 5.32 Å². The Morgan fingerprint density at radius 3 is 2.38 bits per heavy atom. The lowest BCUT2D eigenvalue weighted by atomic mass is 10.1. The minimum atomic E-state index is -4.80. The maximum absolute atomic E-state index is 13.1. The Labute approximate surface area is 151 Å². The molecule has 0 saturated heterocycles. The number of hydrogen-bond donors (Lipinski definition) is 1. The molecule has 0 aliphatic heterocycles. The van der Waals surface area contributed by atoms with E-state index in [4.69, 9.17) is 11.6 Å². The van der Waals surface area contributed by atoms with Crippen LogP contribution in [-0.4, -0.2) is 20.6 Å². The van der Waals surface area contributed by atoms with Gasteiger partial charge in [-0.05, 0) is 35.9 Å². The van der Waals surface area contributed by atoms with Gasteiger partial charge in [0.2, 0.25) is 0 Å². The van der Waals surface area contributed by atoms with Crippen molar-refractivity contribution in [1.29, 1.82) is 0 Å². The minimum Gasteiger partial charge on any atom is -0.348 e. The van der Waals surface area contributed by atoms with Crippen LogP contribution < -0.4 is 5.32 Å². The number of hydrogen-bond acceptors (Lipinski definition) is 3. The third kappa shape index (κ3) is 4.73. The first kappa shape index (κ1) is 20.2. The molecule has 0 fully saturated rings. The summed E-state index contributed by atoms with van der Waals surface area (Å²) >= 11 is 5.86. The van der Waals surface area contributed by atoms with E-state index in [0.717, 1.165) is 24.5 Å². The second kappa shape index (κ2) is 7.24. The van der Waals surface area contributed by atoms with Crippen LogP contribution in [0.3, 0.4) is 0 Å². The van der Waals surface area contributed by atoms with Gasteiger partial charge in [-0.2, -0.15) is 13.2 Å². The molecule has 4 nitrogen and oxygen atoms in total. The number of carbonyl (C=O) groups is 1. The van der Waals surface area contributed by atoms with Gasteiger partial charge in [-0.25, -0.2) is 12.8 Å². The van der Waals surface area contributed by atoms with Crippen LogP contribution in [0.4, 0.5) is 17.6 Å². The third-order valence-electron chi connectivity index (χ3n) is 3.43. The van der Waals surface area contributed by atoms with Gasteiger partial charge < -0.3 is 5.32 Å². The van der Waals surface area contributed by atoms with E-state index in [-0.39, 0.29) is 21.0 Å². The van der Waals surface area contributed by atoms with Crippen LogP contribution in [0.1, 0.15) is 21.5 Å². The fraction of sp³-hybridized carbons (Fsp3) is 0.188. The van der Waals surface area contributed by atoms with Crippen molar-refractivity contribution >= 4 is 27.3 Å². The average Bonchev–Trinajstić information content (AvgIpc) is 2.51. The van der Waals surface area contributed by atoms with Crippen molar-refractivity contribution in [3.8, 4) is 0 Å². The molecule has 1 amide bonds. The number of amides is 1. The Morgan fingerprint density at radius 1 is 1.15 bits per heavy atom. The first-order valence-electron chi connectivity index (χ1n) is 7.03. The molecule has 2 aromatic carbocycles. The van der Waals surface area contributed by atoms with Gasteiger partial charge in [-0.15, -0.1) is 0 Å². The molecule has 0 aliphatic carbocycles. The summed E-state index contributed by atoms with van der Waals surface area (Å²) < 4.78 is 75.1. The summed E-state index contributed by atoms with van der Waals surface area (Å²) in [5, 5.41) is 2.16. The van der Waals surface area contributed by atoms with Crippen molar-refractivity contribution in [2.24, 2.45) is 0 Å². The van der Waals surface area contributed by atoms with Gasteiger partial charge in [-0.1, -0.05) is 17.7 Å². The zero-order valence-corrected chi connectivity index (χ0v) is 14.8. The molecule has 0 unspecified atom stereocenters. The summed E-state index contributed by atoms with van der Waals surface area (Å²) in [7, 11) is -3.60. The van der Waals surface area contributed by atoms with Gasteiger partial charge in [0, 0.05) is 12.8 Å². The molecular formula is C16H12ClF4NO3S. The third-order valence-corrected chi connectivity index (χ3v) is 4.87. The Morgan fingerprint density at radius 2 is 1.81 bits per heavy atom. The zero-order valence-electron chi connectivity index (χ0n) is 13.2. The number of rotatable bonds is 4. The summed E-state index contributed by atoms with van der Waals surface area (Å²) in [5.41, 5.74) is -1.76. The highest BCUT2D eigenvalue weighted by atomic mass is 35.5. The Bertz CT molecular complexity index is 958. The highest BCUT2D eigenvalue weighted by Gasteiger charge is 2.33. The molecule has 26 heavy (non-hydrogen) atoms. The van der Waals surface area contributed by atoms with Gasteiger partial charge in [0.25, 0.3) is 5.91 Å². The molecule has 0 bridgehead atoms. The van der Waals surface area contributed by atoms with Crippen LogP contribution in [0.25, 0.3) is 0 Å². The molecule has 140 valence electrons. The van der Waals surface area contributed by atoms with E-state index in [0.29, 0.717) is 6.07 Å². The van der Waals surface area contributed by atoms with Gasteiger partial charge >= 0.3 is 6.18 Å². The largest absolute Gasteiger partial charge is 0.416 e. The summed E-state index contributed by atoms with van der Waals surface area (Å²) in [6, 6.07) is 5.52. The van der Waals surface area contributed by atoms with E-state index in [1.165, 1.54) is 12.1 Å². The second-order valence-electron chi connectivity index (χ2n) is 5.40. The van der Waals surface area contributed by atoms with Crippen molar-refractivity contribution in [2.45, 2.75) is 17.6 Å². The van der Waals surface area contributed by atoms with E-state index in [1.807, 2.05) is 0 Å². The quantitative estimate of drug-likeness (QED) is 0.781. The Hall–Kier alpha value is -2.13. The number of alkyl halides is 3. The average molecular weight is 410 g/mol. The standard InChI is InChI=1S/C16H12ClF4NO3S/c1-26(24,25)11-4-5-14(17)12(7-11)15(23)22-8-9-2-3-10(18)6-13(9)16(19,20)21/h2-7H,8H2,1H3,(H,22,23). The molecule has 0 spiro atoms. The molecule has 0 aromatic heterocycles. The molecule has 0 atom stereocenters. The normalized spacial score (nSPS) is 12.1. The predicted molar refractivity (Wildman–Crippen MR) is 87.1 cm³/mol. The van der Waals surface area contributed by atoms with E-state index in [1.54, 1.807) is 0 Å². The van der Waals surface area contributed by atoms with Crippen LogP contribution >= 0.6 is 11.6 Å². The van der Waals surface area contributed by atoms with Crippen molar-refractivity contribution in [1.82, 2.24) is 5.32 Å². The molecular weight excluding hydrogens is 398 g/mol. The van der Waals surface area contributed by atoms with Gasteiger partial charge in [0.1, 0.15) is 5.82 Å². The monoisotopic (exact) mass is 409 g/mol. The number of halogens is 5. The Balaban J connectivity index is 2.28. The molecule has 1 N–H and O–H groups in total. The van der Waals surface area contributed by atoms with Crippen LogP contribution in [0.2, 0.25) is 5.02 Å². The molecule has 0 saturated carbocycles. The highest BCUT2D eigenvalue weighted by Crippen LogP contribution is 2.32. The van der Waals surface area contributed by atoms with Crippen LogP contribution in [-0.2, 0) is 22.6 Å². The van der Waals surface area contributed by atoms with E-state index < -0.39 is 39.8 Å². The van der Waals surface area contributed by atoms with E-state index >= 15 is 0 Å². The topological polar surface area (TPSA) is 63.2 Å². The number of carbonyl (C=O) groups excluding carboxylic acids is 1. The maximum Gasteiger partial charge on any atom is 0.416 e. The van der Waals surface area contributed by atoms with Crippen LogP contribution in [0, 0.1) is 5.82 Å². The lowest BCUT2D eigenvalue weighted by Gasteiger charge is -2.14. The number of nitrogens with one attached hydrogen (secondary N) is 1. The van der Waals surface area contributed by atoms with Crippen molar-refractivity contribution in [2.75, 3.05) is 6.26 Å². The number of sulfone groups is 1. The van der Waals surface area contributed by atoms with Crippen LogP contribution in [0.15, 0.2) is 41.3 Å². The fourth-order valence-electron chi connectivity index (χ4n) is 2.15. The molecule has 2 rings (SSSR count). The predicted octanol–water partition coefficient (Wildman–Crippen LogP) is 3.83. The van der Waals surface area contributed by atoms with E-state index in [9.17, 15) is 30.8 Å². The lowest BCUT2D eigenvalue weighted by Crippen LogP contribution is -2.25.